The van der Waals surface area contributed by atoms with Crippen LogP contribution in [0.1, 0.15) is 24.3 Å². The first-order chi connectivity index (χ1) is 17.2. The van der Waals surface area contributed by atoms with Crippen LogP contribution in [0.3, 0.4) is 0 Å². The van der Waals surface area contributed by atoms with E-state index in [1.54, 1.807) is 24.3 Å². The number of sulfonamides is 1. The fourth-order valence-electron chi connectivity index (χ4n) is 3.72. The zero-order chi connectivity index (χ0) is 25.7. The summed E-state index contributed by atoms with van der Waals surface area (Å²) in [7, 11) is -3.90. The van der Waals surface area contributed by atoms with Crippen LogP contribution in [-0.4, -0.2) is 43.4 Å². The fraction of sp³-hybridized carbons (Fsp3) is 0.240. The summed E-state index contributed by atoms with van der Waals surface area (Å²) in [4.78, 5) is -0.0508. The van der Waals surface area contributed by atoms with Crippen LogP contribution in [0, 0.1) is 0 Å². The molecule has 1 unspecified atom stereocenters. The molecule has 0 fully saturated rings. The maximum atomic E-state index is 12.7. The van der Waals surface area contributed by atoms with Gasteiger partial charge < -0.3 is 15.2 Å². The number of aromatic amines is 1. The van der Waals surface area contributed by atoms with Gasteiger partial charge in [0.2, 0.25) is 0 Å². The van der Waals surface area contributed by atoms with Crippen LogP contribution >= 0.6 is 23.2 Å². The lowest BCUT2D eigenvalue weighted by Crippen LogP contribution is -2.26. The predicted octanol–water partition coefficient (Wildman–Crippen LogP) is 4.93. The number of nitrogens with one attached hydrogen (secondary N) is 3. The van der Waals surface area contributed by atoms with Crippen molar-refractivity contribution in [3.8, 4) is 5.75 Å². The van der Waals surface area contributed by atoms with Gasteiger partial charge in [0.25, 0.3) is 10.0 Å². The van der Waals surface area contributed by atoms with Crippen molar-refractivity contribution in [2.24, 2.45) is 0 Å². The molecule has 0 radical (unpaired) electrons. The zero-order valence-corrected chi connectivity index (χ0v) is 21.8. The number of fused-ring (bicyclic) bond motifs is 1. The van der Waals surface area contributed by atoms with Gasteiger partial charge in [0.1, 0.15) is 12.4 Å². The molecule has 1 atom stereocenters. The van der Waals surface area contributed by atoms with Crippen molar-refractivity contribution in [1.29, 1.82) is 0 Å². The van der Waals surface area contributed by atoms with Crippen molar-refractivity contribution < 1.29 is 18.3 Å². The highest BCUT2D eigenvalue weighted by molar-refractivity contribution is 7.92. The Hall–Kier alpha value is -2.82. The van der Waals surface area contributed by atoms with Gasteiger partial charge in [-0.05, 0) is 54.4 Å². The number of aliphatic hydroxyl groups excluding tert-OH is 1. The number of aliphatic hydroxyl groups is 1. The Kier molecular flexibility index (Phi) is 8.38. The average Bonchev–Trinajstić information content (AvgIpc) is 3.25. The second-order valence-corrected chi connectivity index (χ2v) is 10.7. The van der Waals surface area contributed by atoms with Crippen LogP contribution in [0.4, 0.5) is 5.69 Å². The van der Waals surface area contributed by atoms with Crippen LogP contribution < -0.4 is 14.8 Å². The van der Waals surface area contributed by atoms with Gasteiger partial charge in [0, 0.05) is 40.3 Å². The molecule has 4 aromatic rings. The molecule has 0 bridgehead atoms. The molecule has 11 heteroatoms. The minimum atomic E-state index is -3.90. The van der Waals surface area contributed by atoms with Gasteiger partial charge in [-0.15, -0.1) is 0 Å². The predicted molar refractivity (Wildman–Crippen MR) is 143 cm³/mol. The van der Waals surface area contributed by atoms with E-state index >= 15 is 0 Å². The number of rotatable bonds is 11. The zero-order valence-electron chi connectivity index (χ0n) is 19.5. The Morgan fingerprint density at radius 3 is 2.61 bits per heavy atom. The molecule has 36 heavy (non-hydrogen) atoms. The molecular weight excluding hydrogens is 523 g/mol. The summed E-state index contributed by atoms with van der Waals surface area (Å²) in [5.41, 5.74) is 2.83. The number of hydrogen-bond acceptors (Lipinski definition) is 6. The number of nitrogens with zero attached hydrogens (tertiary/aromatic N) is 1. The maximum Gasteiger partial charge on any atom is 0.261 e. The van der Waals surface area contributed by atoms with Crippen molar-refractivity contribution in [2.45, 2.75) is 24.3 Å². The molecular formula is C25H26Cl2N4O4S. The molecule has 0 aliphatic heterocycles. The van der Waals surface area contributed by atoms with Gasteiger partial charge >= 0.3 is 0 Å². The topological polar surface area (TPSA) is 116 Å². The van der Waals surface area contributed by atoms with Crippen LogP contribution in [0.15, 0.2) is 65.6 Å². The highest BCUT2D eigenvalue weighted by Crippen LogP contribution is 2.25. The van der Waals surface area contributed by atoms with Crippen molar-refractivity contribution in [3.63, 3.8) is 0 Å². The van der Waals surface area contributed by atoms with E-state index in [1.165, 1.54) is 18.2 Å². The number of anilines is 1. The Labute approximate surface area is 219 Å². The molecule has 190 valence electrons. The summed E-state index contributed by atoms with van der Waals surface area (Å²) in [6.45, 7) is 3.25. The second-order valence-electron chi connectivity index (χ2n) is 8.14. The lowest BCUT2D eigenvalue weighted by atomic mass is 10.1. The van der Waals surface area contributed by atoms with Crippen LogP contribution in [0.2, 0.25) is 10.0 Å². The Morgan fingerprint density at radius 2 is 1.86 bits per heavy atom. The van der Waals surface area contributed by atoms with E-state index in [9.17, 15) is 13.5 Å². The number of benzene rings is 3. The van der Waals surface area contributed by atoms with Crippen molar-refractivity contribution in [1.82, 2.24) is 15.5 Å². The molecule has 0 aliphatic rings. The first kappa shape index (κ1) is 26.2. The Morgan fingerprint density at radius 1 is 1.08 bits per heavy atom. The highest BCUT2D eigenvalue weighted by atomic mass is 35.5. The second kappa shape index (κ2) is 11.5. The lowest BCUT2D eigenvalue weighted by Gasteiger charge is -2.15. The average molecular weight is 549 g/mol. The molecule has 0 aliphatic carbocycles. The van der Waals surface area contributed by atoms with E-state index in [0.717, 1.165) is 28.8 Å². The molecule has 1 heterocycles. The van der Waals surface area contributed by atoms with Gasteiger partial charge in [-0.25, -0.2) is 8.42 Å². The van der Waals surface area contributed by atoms with E-state index in [2.05, 4.69) is 27.2 Å². The number of aromatic nitrogens is 2. The third-order valence-corrected chi connectivity index (χ3v) is 7.30. The SMILES string of the molecule is CCc1n[nH]c2cc(OCCNCC(O)c3cccc(NS(=O)(=O)c4cc(Cl)cc(Cl)c4)c3)ccc12. The third-order valence-electron chi connectivity index (χ3n) is 5.50. The van der Waals surface area contributed by atoms with E-state index in [4.69, 9.17) is 27.9 Å². The summed E-state index contributed by atoms with van der Waals surface area (Å²) in [5.74, 6) is 0.733. The van der Waals surface area contributed by atoms with Crippen molar-refractivity contribution >= 4 is 49.8 Å². The van der Waals surface area contributed by atoms with Gasteiger partial charge in [-0.3, -0.25) is 9.82 Å². The molecule has 4 rings (SSSR count). The highest BCUT2D eigenvalue weighted by Gasteiger charge is 2.17. The number of aryl methyl sites for hydroxylation is 1. The number of halogens is 2. The standard InChI is InChI=1S/C25H26Cl2N4O4S/c1-2-23-22-7-6-20(14-24(22)30-29-23)35-9-8-28-15-25(32)16-4-3-5-19(10-16)31-36(33,34)21-12-17(26)11-18(27)13-21/h3-7,10-14,25,28,31-32H,2,8-9,15H2,1H3,(H,29,30). The Balaban J connectivity index is 1.28. The largest absolute Gasteiger partial charge is 0.492 e. The number of ether oxygens (including phenoxy) is 1. The van der Waals surface area contributed by atoms with Crippen molar-refractivity contribution in [2.75, 3.05) is 24.4 Å². The van der Waals surface area contributed by atoms with E-state index in [1.807, 2.05) is 18.2 Å². The van der Waals surface area contributed by atoms with Crippen LogP contribution in [0.5, 0.6) is 5.75 Å². The van der Waals surface area contributed by atoms with Crippen LogP contribution in [0.25, 0.3) is 10.9 Å². The monoisotopic (exact) mass is 548 g/mol. The molecule has 4 N–H and O–H groups in total. The molecule has 0 saturated heterocycles. The first-order valence-electron chi connectivity index (χ1n) is 11.3. The summed E-state index contributed by atoms with van der Waals surface area (Å²) in [6.07, 6.45) is 0.0155. The first-order valence-corrected chi connectivity index (χ1v) is 13.6. The molecule has 0 amide bonds. The summed E-state index contributed by atoms with van der Waals surface area (Å²) < 4.78 is 33.7. The molecule has 3 aromatic carbocycles. The van der Waals surface area contributed by atoms with Gasteiger partial charge in [0.05, 0.1) is 22.2 Å². The van der Waals surface area contributed by atoms with Crippen LogP contribution in [-0.2, 0) is 16.4 Å². The van der Waals surface area contributed by atoms with E-state index < -0.39 is 16.1 Å². The lowest BCUT2D eigenvalue weighted by molar-refractivity contribution is 0.172. The number of hydrogen-bond donors (Lipinski definition) is 4. The molecule has 1 aromatic heterocycles. The number of H-pyrrole nitrogens is 1. The summed E-state index contributed by atoms with van der Waals surface area (Å²) >= 11 is 11.9. The minimum Gasteiger partial charge on any atom is -0.492 e. The summed E-state index contributed by atoms with van der Waals surface area (Å²) in [6, 6.07) is 16.5. The van der Waals surface area contributed by atoms with Crippen molar-refractivity contribution in [3.05, 3.63) is 82.0 Å². The molecule has 0 spiro atoms. The Bertz CT molecular complexity index is 1440. The quantitative estimate of drug-likeness (QED) is 0.197. The van der Waals surface area contributed by atoms with Gasteiger partial charge in [-0.2, -0.15) is 5.10 Å². The molecule has 0 saturated carbocycles. The summed E-state index contributed by atoms with van der Waals surface area (Å²) in [5, 5.41) is 22.5. The van der Waals surface area contributed by atoms with E-state index in [0.29, 0.717) is 24.4 Å². The fourth-order valence-corrected chi connectivity index (χ4v) is 5.49. The third kappa shape index (κ3) is 6.48. The molecule has 8 nitrogen and oxygen atoms in total. The van der Waals surface area contributed by atoms with E-state index in [-0.39, 0.29) is 21.5 Å². The van der Waals surface area contributed by atoms with Gasteiger partial charge in [-0.1, -0.05) is 42.3 Å². The minimum absolute atomic E-state index is 0.0508. The normalized spacial score (nSPS) is 12.6. The maximum absolute atomic E-state index is 12.7. The van der Waals surface area contributed by atoms with Gasteiger partial charge in [0.15, 0.2) is 0 Å². The smallest absolute Gasteiger partial charge is 0.261 e.